The summed E-state index contributed by atoms with van der Waals surface area (Å²) in [6.07, 6.45) is 0.805. The van der Waals surface area contributed by atoms with Gasteiger partial charge in [-0.3, -0.25) is 0 Å². The number of hydrogen-bond acceptors (Lipinski definition) is 3. The number of carboxylic acids is 1. The van der Waals surface area contributed by atoms with Gasteiger partial charge in [-0.15, -0.1) is 0 Å². The molecular weight excluding hydrogens is 192 g/mol. The number of aliphatic carboxylic acids is 1. The van der Waals surface area contributed by atoms with Gasteiger partial charge < -0.3 is 16.6 Å². The molecule has 0 aliphatic rings. The summed E-state index contributed by atoms with van der Waals surface area (Å²) in [5, 5.41) is 8.74. The van der Waals surface area contributed by atoms with E-state index in [0.717, 1.165) is 11.1 Å². The summed E-state index contributed by atoms with van der Waals surface area (Å²) in [4.78, 5) is 10.7. The first-order chi connectivity index (χ1) is 6.93. The van der Waals surface area contributed by atoms with Gasteiger partial charge in [0.25, 0.3) is 0 Å². The normalized spacial score (nSPS) is 11.4. The van der Waals surface area contributed by atoms with Gasteiger partial charge in [-0.1, -0.05) is 24.3 Å². The predicted octanol–water partition coefficient (Wildman–Crippen LogP) is 0.626. The molecule has 0 aliphatic carbocycles. The average molecular weight is 208 g/mol. The molecule has 5 N–H and O–H groups in total. The zero-order valence-electron chi connectivity index (χ0n) is 8.73. The molecule has 0 unspecified atom stereocenters. The lowest BCUT2D eigenvalue weighted by Crippen LogP contribution is -2.56. The summed E-state index contributed by atoms with van der Waals surface area (Å²) < 4.78 is 0. The van der Waals surface area contributed by atoms with Crippen molar-refractivity contribution >= 4 is 5.97 Å². The van der Waals surface area contributed by atoms with Crippen molar-refractivity contribution < 1.29 is 9.90 Å². The quantitative estimate of drug-likeness (QED) is 0.633. The molecular formula is C11H16N2O2. The number of benzene rings is 1. The molecule has 0 atom stereocenters. The van der Waals surface area contributed by atoms with Gasteiger partial charge in [0.05, 0.1) is 0 Å². The second kappa shape index (κ2) is 4.42. The molecule has 82 valence electrons. The summed E-state index contributed by atoms with van der Waals surface area (Å²) in [6, 6.07) is 7.78. The molecule has 0 aliphatic heterocycles. The molecule has 1 aromatic carbocycles. The number of aryl methyl sites for hydroxylation is 2. The van der Waals surface area contributed by atoms with Crippen LogP contribution < -0.4 is 11.5 Å². The monoisotopic (exact) mass is 208 g/mol. The zero-order chi connectivity index (χ0) is 11.5. The molecule has 0 bridgehead atoms. The van der Waals surface area contributed by atoms with E-state index < -0.39 is 11.6 Å². The fourth-order valence-electron chi connectivity index (χ4n) is 1.34. The van der Waals surface area contributed by atoms with Crippen molar-refractivity contribution in [3.8, 4) is 0 Å². The Morgan fingerprint density at radius 1 is 1.40 bits per heavy atom. The minimum absolute atomic E-state index is 0.229. The fraction of sp³-hybridized carbons (Fsp3) is 0.364. The first-order valence-corrected chi connectivity index (χ1v) is 4.79. The molecule has 1 aromatic rings. The van der Waals surface area contributed by atoms with E-state index in [2.05, 4.69) is 0 Å². The third-order valence-corrected chi connectivity index (χ3v) is 2.47. The smallest absolute Gasteiger partial charge is 0.338 e. The van der Waals surface area contributed by atoms with Crippen LogP contribution in [0, 0.1) is 6.92 Å². The minimum Gasteiger partial charge on any atom is -0.479 e. The van der Waals surface area contributed by atoms with Gasteiger partial charge in [-0.2, -0.15) is 0 Å². The maximum Gasteiger partial charge on any atom is 0.338 e. The molecule has 0 saturated heterocycles. The maximum atomic E-state index is 10.7. The van der Waals surface area contributed by atoms with Crippen LogP contribution in [0.1, 0.15) is 17.5 Å². The van der Waals surface area contributed by atoms with Crippen LogP contribution >= 0.6 is 0 Å². The van der Waals surface area contributed by atoms with E-state index in [4.69, 9.17) is 16.6 Å². The van der Waals surface area contributed by atoms with E-state index in [9.17, 15) is 4.79 Å². The zero-order valence-corrected chi connectivity index (χ0v) is 8.73. The van der Waals surface area contributed by atoms with Crippen molar-refractivity contribution in [2.45, 2.75) is 25.4 Å². The summed E-state index contributed by atoms with van der Waals surface area (Å²) in [6.45, 7) is 1.98. The molecule has 1 rings (SSSR count). The molecule has 15 heavy (non-hydrogen) atoms. The Labute approximate surface area is 88.9 Å². The molecule has 0 heterocycles. The summed E-state index contributed by atoms with van der Waals surface area (Å²) in [5.41, 5.74) is 11.4. The highest BCUT2D eigenvalue weighted by Gasteiger charge is 2.28. The Hall–Kier alpha value is -1.39. The maximum absolute atomic E-state index is 10.7. The van der Waals surface area contributed by atoms with Crippen LogP contribution in [-0.4, -0.2) is 16.7 Å². The Balaban J connectivity index is 2.66. The van der Waals surface area contributed by atoms with Crippen molar-refractivity contribution in [3.05, 3.63) is 35.4 Å². The summed E-state index contributed by atoms with van der Waals surface area (Å²) in [7, 11) is 0. The van der Waals surface area contributed by atoms with Gasteiger partial charge in [0.15, 0.2) is 5.66 Å². The number of rotatable bonds is 4. The summed E-state index contributed by atoms with van der Waals surface area (Å²) in [5.74, 6) is -1.17. The second-order valence-corrected chi connectivity index (χ2v) is 3.77. The van der Waals surface area contributed by atoms with E-state index in [1.54, 1.807) is 0 Å². The topological polar surface area (TPSA) is 89.3 Å². The highest BCUT2D eigenvalue weighted by atomic mass is 16.4. The number of carbonyl (C=O) groups is 1. The van der Waals surface area contributed by atoms with Crippen LogP contribution in [0.2, 0.25) is 0 Å². The second-order valence-electron chi connectivity index (χ2n) is 3.77. The van der Waals surface area contributed by atoms with E-state index in [0.29, 0.717) is 6.42 Å². The molecule has 0 spiro atoms. The third kappa shape index (κ3) is 3.04. The SMILES string of the molecule is Cc1ccccc1CCC(N)(N)C(=O)O. The van der Waals surface area contributed by atoms with Gasteiger partial charge in [0.1, 0.15) is 0 Å². The Morgan fingerprint density at radius 2 is 2.00 bits per heavy atom. The van der Waals surface area contributed by atoms with Gasteiger partial charge in [0, 0.05) is 0 Å². The van der Waals surface area contributed by atoms with Crippen LogP contribution in [0.3, 0.4) is 0 Å². The van der Waals surface area contributed by atoms with Crippen molar-refractivity contribution in [1.29, 1.82) is 0 Å². The first kappa shape index (κ1) is 11.7. The fourth-order valence-corrected chi connectivity index (χ4v) is 1.34. The van der Waals surface area contributed by atoms with E-state index in [-0.39, 0.29) is 6.42 Å². The lowest BCUT2D eigenvalue weighted by Gasteiger charge is -2.19. The van der Waals surface area contributed by atoms with Gasteiger partial charge in [-0.25, -0.2) is 4.79 Å². The Morgan fingerprint density at radius 3 is 2.53 bits per heavy atom. The third-order valence-electron chi connectivity index (χ3n) is 2.47. The van der Waals surface area contributed by atoms with Gasteiger partial charge in [-0.05, 0) is 30.9 Å². The predicted molar refractivity (Wildman–Crippen MR) is 58.2 cm³/mol. The van der Waals surface area contributed by atoms with Gasteiger partial charge in [0.2, 0.25) is 0 Å². The number of nitrogens with two attached hydrogens (primary N) is 2. The average Bonchev–Trinajstić information content (AvgIpc) is 2.16. The molecule has 0 saturated carbocycles. The first-order valence-electron chi connectivity index (χ1n) is 4.79. The molecule has 0 radical (unpaired) electrons. The van der Waals surface area contributed by atoms with E-state index >= 15 is 0 Å². The molecule has 4 heteroatoms. The van der Waals surface area contributed by atoms with Crippen LogP contribution in [0.15, 0.2) is 24.3 Å². The Bertz CT molecular complexity index is 361. The lowest BCUT2D eigenvalue weighted by molar-refractivity contribution is -0.143. The van der Waals surface area contributed by atoms with E-state index in [1.165, 1.54) is 0 Å². The van der Waals surface area contributed by atoms with E-state index in [1.807, 2.05) is 31.2 Å². The van der Waals surface area contributed by atoms with Crippen LogP contribution in [0.25, 0.3) is 0 Å². The molecule has 0 aromatic heterocycles. The summed E-state index contributed by atoms with van der Waals surface area (Å²) >= 11 is 0. The van der Waals surface area contributed by atoms with Crippen molar-refractivity contribution in [2.75, 3.05) is 0 Å². The minimum atomic E-state index is -1.64. The number of carboxylic acid groups (broad SMARTS) is 1. The molecule has 0 fully saturated rings. The van der Waals surface area contributed by atoms with Crippen molar-refractivity contribution in [2.24, 2.45) is 11.5 Å². The standard InChI is InChI=1S/C11H16N2O2/c1-8-4-2-3-5-9(8)6-7-11(12,13)10(14)15/h2-5H,6-7,12-13H2,1H3,(H,14,15). The largest absolute Gasteiger partial charge is 0.479 e. The number of hydrogen-bond donors (Lipinski definition) is 3. The lowest BCUT2D eigenvalue weighted by atomic mass is 9.98. The Kier molecular flexibility index (Phi) is 3.44. The van der Waals surface area contributed by atoms with Crippen LogP contribution in [0.4, 0.5) is 0 Å². The highest BCUT2D eigenvalue weighted by molar-refractivity contribution is 5.77. The highest BCUT2D eigenvalue weighted by Crippen LogP contribution is 2.12. The van der Waals surface area contributed by atoms with Crippen molar-refractivity contribution in [1.82, 2.24) is 0 Å². The van der Waals surface area contributed by atoms with Crippen LogP contribution in [0.5, 0.6) is 0 Å². The molecule has 0 amide bonds. The van der Waals surface area contributed by atoms with Crippen LogP contribution in [-0.2, 0) is 11.2 Å². The molecule has 4 nitrogen and oxygen atoms in total. The van der Waals surface area contributed by atoms with Gasteiger partial charge >= 0.3 is 5.97 Å². The van der Waals surface area contributed by atoms with Crippen molar-refractivity contribution in [3.63, 3.8) is 0 Å².